The molecule has 0 unspecified atom stereocenters. The van der Waals surface area contributed by atoms with Crippen molar-refractivity contribution in [2.75, 3.05) is 39.8 Å². The highest BCUT2D eigenvalue weighted by Gasteiger charge is 2.26. The largest absolute Gasteiger partial charge is 0.465 e. The van der Waals surface area contributed by atoms with E-state index in [4.69, 9.17) is 4.42 Å². The Morgan fingerprint density at radius 1 is 0.862 bits per heavy atom. The van der Waals surface area contributed by atoms with Crippen LogP contribution in [0.3, 0.4) is 0 Å². The topological polar surface area (TPSA) is 22.9 Å². The Balaban J connectivity index is 1.15. The molecule has 1 aromatic heterocycles. The lowest BCUT2D eigenvalue weighted by Gasteiger charge is -2.39. The van der Waals surface area contributed by atoms with Gasteiger partial charge in [0.1, 0.15) is 11.5 Å². The zero-order valence-electron chi connectivity index (χ0n) is 18.2. The second-order valence-corrected chi connectivity index (χ2v) is 9.16. The van der Waals surface area contributed by atoms with E-state index in [1.807, 2.05) is 6.92 Å². The van der Waals surface area contributed by atoms with Crippen LogP contribution >= 0.6 is 0 Å². The summed E-state index contributed by atoms with van der Waals surface area (Å²) in [7, 11) is 2.36. The zero-order chi connectivity index (χ0) is 20.1. The first-order valence-corrected chi connectivity index (χ1v) is 11.4. The lowest BCUT2D eigenvalue weighted by Crippen LogP contribution is -2.45. The molecule has 2 aromatic rings. The van der Waals surface area contributed by atoms with Crippen molar-refractivity contribution in [2.24, 2.45) is 5.92 Å². The molecular weight excluding hydrogens is 358 g/mol. The van der Waals surface area contributed by atoms with Crippen molar-refractivity contribution in [3.05, 3.63) is 59.5 Å². The molecule has 158 valence electrons. The lowest BCUT2D eigenvalue weighted by molar-refractivity contribution is 0.0898. The quantitative estimate of drug-likeness (QED) is 0.693. The Labute approximate surface area is 176 Å². The third-order valence-corrected chi connectivity index (χ3v) is 6.86. The van der Waals surface area contributed by atoms with Crippen LogP contribution in [-0.2, 0) is 13.1 Å². The highest BCUT2D eigenvalue weighted by atomic mass is 16.3. The SMILES string of the molecule is Cc1ccc(CN2CCC(CN(C)C3CCN(Cc4ccccc4)CC3)CC2)o1. The molecule has 2 aliphatic heterocycles. The Bertz CT molecular complexity index is 728. The molecule has 29 heavy (non-hydrogen) atoms. The summed E-state index contributed by atoms with van der Waals surface area (Å²) >= 11 is 0. The third kappa shape index (κ3) is 5.94. The highest BCUT2D eigenvalue weighted by molar-refractivity contribution is 5.14. The van der Waals surface area contributed by atoms with Crippen LogP contribution in [0.1, 0.15) is 42.8 Å². The molecule has 0 aliphatic carbocycles. The molecule has 0 N–H and O–H groups in total. The van der Waals surface area contributed by atoms with Crippen LogP contribution in [0.4, 0.5) is 0 Å². The second-order valence-electron chi connectivity index (χ2n) is 9.16. The Morgan fingerprint density at radius 3 is 2.17 bits per heavy atom. The minimum absolute atomic E-state index is 0.756. The van der Waals surface area contributed by atoms with Crippen molar-refractivity contribution in [1.82, 2.24) is 14.7 Å². The number of benzene rings is 1. The second kappa shape index (κ2) is 9.92. The lowest BCUT2D eigenvalue weighted by atomic mass is 9.94. The molecule has 1 aromatic carbocycles. The van der Waals surface area contributed by atoms with E-state index < -0.39 is 0 Å². The van der Waals surface area contributed by atoms with Crippen LogP contribution in [-0.4, -0.2) is 60.5 Å². The number of piperidine rings is 2. The minimum Gasteiger partial charge on any atom is -0.465 e. The van der Waals surface area contributed by atoms with Gasteiger partial charge in [-0.25, -0.2) is 0 Å². The Kier molecular flexibility index (Phi) is 7.06. The zero-order valence-corrected chi connectivity index (χ0v) is 18.2. The van der Waals surface area contributed by atoms with Gasteiger partial charge in [-0.3, -0.25) is 9.80 Å². The number of likely N-dealkylation sites (tertiary alicyclic amines) is 2. The summed E-state index contributed by atoms with van der Waals surface area (Å²) in [5.41, 5.74) is 1.44. The minimum atomic E-state index is 0.756. The van der Waals surface area contributed by atoms with Crippen LogP contribution in [0.5, 0.6) is 0 Å². The predicted molar refractivity (Wildman–Crippen MR) is 119 cm³/mol. The molecule has 2 fully saturated rings. The number of furan rings is 1. The maximum absolute atomic E-state index is 5.75. The van der Waals surface area contributed by atoms with Crippen molar-refractivity contribution in [2.45, 2.75) is 51.7 Å². The van der Waals surface area contributed by atoms with Crippen molar-refractivity contribution in [1.29, 1.82) is 0 Å². The molecule has 2 aliphatic rings. The van der Waals surface area contributed by atoms with Gasteiger partial charge in [-0.2, -0.15) is 0 Å². The van der Waals surface area contributed by atoms with Crippen LogP contribution in [0.2, 0.25) is 0 Å². The fraction of sp³-hybridized carbons (Fsp3) is 0.600. The summed E-state index contributed by atoms with van der Waals surface area (Å²) in [4.78, 5) is 7.83. The van der Waals surface area contributed by atoms with E-state index in [1.165, 1.54) is 64.0 Å². The van der Waals surface area contributed by atoms with Crippen molar-refractivity contribution in [3.8, 4) is 0 Å². The Morgan fingerprint density at radius 2 is 1.52 bits per heavy atom. The van der Waals surface area contributed by atoms with Gasteiger partial charge in [0.25, 0.3) is 0 Å². The van der Waals surface area contributed by atoms with Gasteiger partial charge in [0.2, 0.25) is 0 Å². The molecule has 4 nitrogen and oxygen atoms in total. The standard InChI is InChI=1S/C25H37N3O/c1-21-8-9-25(29-21)20-28-14-10-23(11-15-28)18-26(2)24-12-16-27(17-13-24)19-22-6-4-3-5-7-22/h3-9,23-24H,10-20H2,1-2H3. The highest BCUT2D eigenvalue weighted by Crippen LogP contribution is 2.23. The van der Waals surface area contributed by atoms with E-state index in [-0.39, 0.29) is 0 Å². The molecule has 0 spiro atoms. The van der Waals surface area contributed by atoms with Crippen molar-refractivity contribution in [3.63, 3.8) is 0 Å². The summed E-state index contributed by atoms with van der Waals surface area (Å²) < 4.78 is 5.75. The normalized spacial score (nSPS) is 20.5. The molecular formula is C25H37N3O. The van der Waals surface area contributed by atoms with Gasteiger partial charge in [0, 0.05) is 19.1 Å². The van der Waals surface area contributed by atoms with Crippen molar-refractivity contribution >= 4 is 0 Å². The molecule has 0 radical (unpaired) electrons. The number of nitrogens with zero attached hydrogens (tertiary/aromatic N) is 3. The van der Waals surface area contributed by atoms with E-state index in [9.17, 15) is 0 Å². The monoisotopic (exact) mass is 395 g/mol. The van der Waals surface area contributed by atoms with Crippen LogP contribution < -0.4 is 0 Å². The average Bonchev–Trinajstić information content (AvgIpc) is 3.15. The van der Waals surface area contributed by atoms with Gasteiger partial charge in [-0.05, 0) is 89.4 Å². The molecule has 4 rings (SSSR count). The van der Waals surface area contributed by atoms with E-state index in [0.717, 1.165) is 36.6 Å². The van der Waals surface area contributed by atoms with Gasteiger partial charge in [-0.15, -0.1) is 0 Å². The maximum Gasteiger partial charge on any atom is 0.118 e. The predicted octanol–water partition coefficient (Wildman–Crippen LogP) is 4.40. The van der Waals surface area contributed by atoms with Crippen molar-refractivity contribution < 1.29 is 4.42 Å². The van der Waals surface area contributed by atoms with E-state index in [0.29, 0.717) is 0 Å². The smallest absolute Gasteiger partial charge is 0.118 e. The number of hydrogen-bond donors (Lipinski definition) is 0. The fourth-order valence-electron chi connectivity index (χ4n) is 5.03. The fourth-order valence-corrected chi connectivity index (χ4v) is 5.03. The number of hydrogen-bond acceptors (Lipinski definition) is 4. The summed E-state index contributed by atoms with van der Waals surface area (Å²) in [6, 6.07) is 15.9. The molecule has 2 saturated heterocycles. The molecule has 0 amide bonds. The van der Waals surface area contributed by atoms with Crippen LogP contribution in [0.25, 0.3) is 0 Å². The maximum atomic E-state index is 5.75. The first kappa shape index (κ1) is 20.6. The third-order valence-electron chi connectivity index (χ3n) is 6.86. The van der Waals surface area contributed by atoms with E-state index in [2.05, 4.69) is 64.2 Å². The van der Waals surface area contributed by atoms with Gasteiger partial charge in [-0.1, -0.05) is 30.3 Å². The summed E-state index contributed by atoms with van der Waals surface area (Å²) in [5.74, 6) is 2.98. The van der Waals surface area contributed by atoms with Crippen LogP contribution in [0, 0.1) is 12.8 Å². The Hall–Kier alpha value is -1.62. The molecule has 0 saturated carbocycles. The van der Waals surface area contributed by atoms with Gasteiger partial charge >= 0.3 is 0 Å². The molecule has 0 bridgehead atoms. The summed E-state index contributed by atoms with van der Waals surface area (Å²) in [6.45, 7) is 10.2. The summed E-state index contributed by atoms with van der Waals surface area (Å²) in [5, 5.41) is 0. The molecule has 0 atom stereocenters. The van der Waals surface area contributed by atoms with Gasteiger partial charge in [0.15, 0.2) is 0 Å². The number of aryl methyl sites for hydroxylation is 1. The van der Waals surface area contributed by atoms with E-state index >= 15 is 0 Å². The van der Waals surface area contributed by atoms with Gasteiger partial charge in [0.05, 0.1) is 6.54 Å². The molecule has 4 heteroatoms. The molecule has 3 heterocycles. The van der Waals surface area contributed by atoms with E-state index in [1.54, 1.807) is 0 Å². The summed E-state index contributed by atoms with van der Waals surface area (Å²) in [6.07, 6.45) is 5.24. The van der Waals surface area contributed by atoms with Crippen LogP contribution in [0.15, 0.2) is 46.9 Å². The average molecular weight is 396 g/mol. The number of rotatable bonds is 7. The van der Waals surface area contributed by atoms with Gasteiger partial charge < -0.3 is 9.32 Å². The first-order valence-electron chi connectivity index (χ1n) is 11.4. The first-order chi connectivity index (χ1) is 14.2.